The lowest BCUT2D eigenvalue weighted by Crippen LogP contribution is -2.25. The standard InChI is InChI=1S/C13H15N3O3/c14-11(18)6-10(17)13(19)9-7-15-16-12(9)8-4-2-1-3-5-8/h1-5,7,10,13,17,19H,6H2,(H2,14,18)(H,15,16). The van der Waals surface area contributed by atoms with Crippen LogP contribution < -0.4 is 5.73 Å². The predicted octanol–water partition coefficient (Wildman–Crippen LogP) is 0.346. The second-order valence-corrected chi connectivity index (χ2v) is 4.25. The Balaban J connectivity index is 2.27. The summed E-state index contributed by atoms with van der Waals surface area (Å²) in [7, 11) is 0. The maximum Gasteiger partial charge on any atom is 0.220 e. The number of aromatic nitrogens is 2. The van der Waals surface area contributed by atoms with E-state index in [-0.39, 0.29) is 6.42 Å². The number of nitrogens with two attached hydrogens (primary N) is 1. The van der Waals surface area contributed by atoms with Crippen molar-refractivity contribution < 1.29 is 15.0 Å². The number of primary amides is 1. The Morgan fingerprint density at radius 1 is 1.32 bits per heavy atom. The fourth-order valence-corrected chi connectivity index (χ4v) is 1.88. The molecule has 0 radical (unpaired) electrons. The van der Waals surface area contributed by atoms with Crippen LogP contribution in [0.1, 0.15) is 18.1 Å². The smallest absolute Gasteiger partial charge is 0.220 e. The minimum Gasteiger partial charge on any atom is -0.390 e. The Labute approximate surface area is 109 Å². The molecule has 19 heavy (non-hydrogen) atoms. The molecule has 1 amide bonds. The van der Waals surface area contributed by atoms with E-state index in [9.17, 15) is 15.0 Å². The number of carbonyl (C=O) groups excluding carboxylic acids is 1. The summed E-state index contributed by atoms with van der Waals surface area (Å²) in [6.45, 7) is 0. The van der Waals surface area contributed by atoms with Crippen molar-refractivity contribution in [2.45, 2.75) is 18.6 Å². The van der Waals surface area contributed by atoms with E-state index in [2.05, 4.69) is 10.2 Å². The molecule has 0 fully saturated rings. The first-order chi connectivity index (χ1) is 9.09. The van der Waals surface area contributed by atoms with Gasteiger partial charge < -0.3 is 15.9 Å². The quantitative estimate of drug-likeness (QED) is 0.622. The summed E-state index contributed by atoms with van der Waals surface area (Å²) < 4.78 is 0. The molecule has 2 rings (SSSR count). The van der Waals surface area contributed by atoms with Crippen molar-refractivity contribution in [2.75, 3.05) is 0 Å². The van der Waals surface area contributed by atoms with Gasteiger partial charge in [0.2, 0.25) is 5.91 Å². The number of aliphatic hydroxyl groups excluding tert-OH is 2. The lowest BCUT2D eigenvalue weighted by molar-refractivity contribution is -0.121. The van der Waals surface area contributed by atoms with Gasteiger partial charge in [-0.1, -0.05) is 30.3 Å². The van der Waals surface area contributed by atoms with Crippen LogP contribution in [0.15, 0.2) is 36.5 Å². The van der Waals surface area contributed by atoms with Gasteiger partial charge in [-0.15, -0.1) is 0 Å². The molecule has 1 aromatic carbocycles. The number of aliphatic hydroxyl groups is 2. The largest absolute Gasteiger partial charge is 0.390 e. The minimum atomic E-state index is -1.25. The molecule has 0 bridgehead atoms. The van der Waals surface area contributed by atoms with Crippen LogP contribution in [0.3, 0.4) is 0 Å². The van der Waals surface area contributed by atoms with Crippen LogP contribution in [0.5, 0.6) is 0 Å². The van der Waals surface area contributed by atoms with Crippen molar-refractivity contribution >= 4 is 5.91 Å². The third kappa shape index (κ3) is 2.98. The summed E-state index contributed by atoms with van der Waals surface area (Å²) in [5.41, 5.74) is 6.87. The molecule has 0 saturated carbocycles. The van der Waals surface area contributed by atoms with Gasteiger partial charge in [0, 0.05) is 5.56 Å². The number of rotatable bonds is 5. The molecule has 6 nitrogen and oxygen atoms in total. The Morgan fingerprint density at radius 3 is 2.63 bits per heavy atom. The Kier molecular flexibility index (Phi) is 3.94. The highest BCUT2D eigenvalue weighted by atomic mass is 16.3. The number of hydrogen-bond acceptors (Lipinski definition) is 4. The average Bonchev–Trinajstić information content (AvgIpc) is 2.87. The molecule has 6 heteroatoms. The van der Waals surface area contributed by atoms with Gasteiger partial charge in [0.15, 0.2) is 0 Å². The van der Waals surface area contributed by atoms with Crippen molar-refractivity contribution in [1.29, 1.82) is 0 Å². The van der Waals surface area contributed by atoms with Crippen LogP contribution in [0.2, 0.25) is 0 Å². The van der Waals surface area contributed by atoms with Gasteiger partial charge in [-0.05, 0) is 5.56 Å². The molecule has 0 aliphatic carbocycles. The molecule has 2 atom stereocenters. The molecule has 100 valence electrons. The number of nitrogens with zero attached hydrogens (tertiary/aromatic N) is 1. The molecule has 0 aliphatic heterocycles. The summed E-state index contributed by atoms with van der Waals surface area (Å²) in [6.07, 6.45) is -1.35. The van der Waals surface area contributed by atoms with Crippen molar-refractivity contribution in [3.63, 3.8) is 0 Å². The van der Waals surface area contributed by atoms with Gasteiger partial charge in [-0.3, -0.25) is 9.89 Å². The van der Waals surface area contributed by atoms with Crippen LogP contribution >= 0.6 is 0 Å². The molecule has 5 N–H and O–H groups in total. The predicted molar refractivity (Wildman–Crippen MR) is 68.8 cm³/mol. The molecular weight excluding hydrogens is 246 g/mol. The molecule has 2 aromatic rings. The molecule has 1 heterocycles. The zero-order valence-electron chi connectivity index (χ0n) is 10.2. The van der Waals surface area contributed by atoms with E-state index in [0.717, 1.165) is 5.56 Å². The third-order valence-electron chi connectivity index (χ3n) is 2.82. The fourth-order valence-electron chi connectivity index (χ4n) is 1.88. The monoisotopic (exact) mass is 261 g/mol. The normalized spacial score (nSPS) is 14.0. The van der Waals surface area contributed by atoms with Crippen LogP contribution in [0.25, 0.3) is 11.3 Å². The van der Waals surface area contributed by atoms with Crippen LogP contribution in [-0.2, 0) is 4.79 Å². The number of H-pyrrole nitrogens is 1. The van der Waals surface area contributed by atoms with E-state index < -0.39 is 18.1 Å². The van der Waals surface area contributed by atoms with Gasteiger partial charge in [0.25, 0.3) is 0 Å². The summed E-state index contributed by atoms with van der Waals surface area (Å²) in [4.78, 5) is 10.8. The number of aromatic amines is 1. The van der Waals surface area contributed by atoms with E-state index in [1.165, 1.54) is 6.20 Å². The number of carbonyl (C=O) groups is 1. The van der Waals surface area contributed by atoms with E-state index in [0.29, 0.717) is 11.3 Å². The second kappa shape index (κ2) is 5.64. The van der Waals surface area contributed by atoms with Gasteiger partial charge >= 0.3 is 0 Å². The zero-order chi connectivity index (χ0) is 13.8. The first-order valence-corrected chi connectivity index (χ1v) is 5.82. The first kappa shape index (κ1) is 13.3. The molecule has 0 spiro atoms. The van der Waals surface area contributed by atoms with Crippen molar-refractivity contribution in [2.24, 2.45) is 5.73 Å². The zero-order valence-corrected chi connectivity index (χ0v) is 10.2. The number of nitrogens with one attached hydrogen (secondary N) is 1. The lowest BCUT2D eigenvalue weighted by atomic mass is 9.99. The van der Waals surface area contributed by atoms with Gasteiger partial charge in [0.05, 0.1) is 24.4 Å². The van der Waals surface area contributed by atoms with Gasteiger partial charge in [0.1, 0.15) is 6.10 Å². The molecule has 2 unspecified atom stereocenters. The average molecular weight is 261 g/mol. The Hall–Kier alpha value is -2.18. The second-order valence-electron chi connectivity index (χ2n) is 4.25. The van der Waals surface area contributed by atoms with Crippen LogP contribution in [-0.4, -0.2) is 32.4 Å². The van der Waals surface area contributed by atoms with E-state index in [1.807, 2.05) is 30.3 Å². The fraction of sp³-hybridized carbons (Fsp3) is 0.231. The lowest BCUT2D eigenvalue weighted by Gasteiger charge is -2.16. The molecular formula is C13H15N3O3. The minimum absolute atomic E-state index is 0.305. The summed E-state index contributed by atoms with van der Waals surface area (Å²) in [5, 5.41) is 26.4. The number of benzene rings is 1. The third-order valence-corrected chi connectivity index (χ3v) is 2.82. The van der Waals surface area contributed by atoms with Gasteiger partial charge in [-0.25, -0.2) is 0 Å². The number of hydrogen-bond donors (Lipinski definition) is 4. The molecule has 0 saturated heterocycles. The van der Waals surface area contributed by atoms with Crippen molar-refractivity contribution in [3.8, 4) is 11.3 Å². The topological polar surface area (TPSA) is 112 Å². The highest BCUT2D eigenvalue weighted by Crippen LogP contribution is 2.28. The van der Waals surface area contributed by atoms with Gasteiger partial charge in [-0.2, -0.15) is 5.10 Å². The van der Waals surface area contributed by atoms with Crippen LogP contribution in [0.4, 0.5) is 0 Å². The molecule has 1 aromatic heterocycles. The summed E-state index contributed by atoms with van der Waals surface area (Å²) >= 11 is 0. The Bertz CT molecular complexity index is 553. The highest BCUT2D eigenvalue weighted by Gasteiger charge is 2.24. The van der Waals surface area contributed by atoms with E-state index in [1.54, 1.807) is 0 Å². The van der Waals surface area contributed by atoms with E-state index >= 15 is 0 Å². The SMILES string of the molecule is NC(=O)CC(O)C(O)c1cn[nH]c1-c1ccccc1. The number of amides is 1. The maximum absolute atomic E-state index is 10.8. The highest BCUT2D eigenvalue weighted by molar-refractivity contribution is 5.74. The molecule has 0 aliphatic rings. The Morgan fingerprint density at radius 2 is 2.00 bits per heavy atom. The van der Waals surface area contributed by atoms with Crippen LogP contribution in [0, 0.1) is 0 Å². The van der Waals surface area contributed by atoms with E-state index in [4.69, 9.17) is 5.73 Å². The maximum atomic E-state index is 10.8. The first-order valence-electron chi connectivity index (χ1n) is 5.82. The van der Waals surface area contributed by atoms with Crippen molar-refractivity contribution in [1.82, 2.24) is 10.2 Å². The summed E-state index contributed by atoms with van der Waals surface area (Å²) in [6, 6.07) is 9.28. The summed E-state index contributed by atoms with van der Waals surface area (Å²) in [5.74, 6) is -0.670. The van der Waals surface area contributed by atoms with Crippen molar-refractivity contribution in [3.05, 3.63) is 42.1 Å².